The second kappa shape index (κ2) is 4.39. The first-order valence-corrected chi connectivity index (χ1v) is 6.00. The highest BCUT2D eigenvalue weighted by molar-refractivity contribution is 5.86. The fourth-order valence-electron chi connectivity index (χ4n) is 1.88. The molecule has 1 aliphatic heterocycles. The summed E-state index contributed by atoms with van der Waals surface area (Å²) in [5.74, 6) is 0.830. The van der Waals surface area contributed by atoms with Crippen molar-refractivity contribution in [2.75, 3.05) is 11.4 Å². The summed E-state index contributed by atoms with van der Waals surface area (Å²) in [7, 11) is 0. The van der Waals surface area contributed by atoms with Gasteiger partial charge >= 0.3 is 6.09 Å². The van der Waals surface area contributed by atoms with E-state index in [9.17, 15) is 4.79 Å². The van der Waals surface area contributed by atoms with E-state index in [-0.39, 0.29) is 6.09 Å². The van der Waals surface area contributed by atoms with Gasteiger partial charge < -0.3 is 4.74 Å². The first kappa shape index (κ1) is 12.0. The molecular weight excluding hydrogens is 218 g/mol. The molecule has 94 valence electrons. The molecule has 1 amide bonds. The SMILES string of the molecule is CC(C)(C)OC(=O)N1CCCCn2nccc21. The van der Waals surface area contributed by atoms with Crippen molar-refractivity contribution in [1.82, 2.24) is 9.78 Å². The number of aromatic nitrogens is 2. The van der Waals surface area contributed by atoms with Crippen LogP contribution < -0.4 is 4.90 Å². The van der Waals surface area contributed by atoms with Gasteiger partial charge in [0.2, 0.25) is 0 Å². The summed E-state index contributed by atoms with van der Waals surface area (Å²) >= 11 is 0. The zero-order valence-corrected chi connectivity index (χ0v) is 10.6. The molecule has 2 rings (SSSR count). The molecule has 0 aliphatic carbocycles. The average molecular weight is 237 g/mol. The average Bonchev–Trinajstić information content (AvgIpc) is 2.55. The Balaban J connectivity index is 2.19. The fourth-order valence-corrected chi connectivity index (χ4v) is 1.88. The number of aryl methyl sites for hydroxylation is 1. The zero-order chi connectivity index (χ0) is 12.5. The number of anilines is 1. The van der Waals surface area contributed by atoms with Crippen LogP contribution in [-0.4, -0.2) is 28.0 Å². The van der Waals surface area contributed by atoms with Crippen LogP contribution >= 0.6 is 0 Å². The smallest absolute Gasteiger partial charge is 0.415 e. The Bertz CT molecular complexity index is 406. The molecule has 2 heterocycles. The summed E-state index contributed by atoms with van der Waals surface area (Å²) in [5.41, 5.74) is -0.464. The molecule has 0 unspecified atom stereocenters. The minimum absolute atomic E-state index is 0.291. The highest BCUT2D eigenvalue weighted by Crippen LogP contribution is 2.21. The van der Waals surface area contributed by atoms with Crippen LogP contribution in [-0.2, 0) is 11.3 Å². The molecule has 0 bridgehead atoms. The monoisotopic (exact) mass is 237 g/mol. The van der Waals surface area contributed by atoms with E-state index in [1.54, 1.807) is 11.1 Å². The third kappa shape index (κ3) is 2.78. The van der Waals surface area contributed by atoms with Gasteiger partial charge in [-0.15, -0.1) is 0 Å². The Labute approximate surface area is 101 Å². The minimum atomic E-state index is -0.464. The fraction of sp³-hybridized carbons (Fsp3) is 0.667. The van der Waals surface area contributed by atoms with Crippen LogP contribution in [0.25, 0.3) is 0 Å². The molecule has 1 aliphatic rings. The van der Waals surface area contributed by atoms with Gasteiger partial charge in [0, 0.05) is 19.2 Å². The second-order valence-electron chi connectivity index (χ2n) is 5.25. The van der Waals surface area contributed by atoms with Crippen LogP contribution in [0.4, 0.5) is 10.6 Å². The Hall–Kier alpha value is -1.52. The normalized spacial score (nSPS) is 16.3. The Morgan fingerprint density at radius 2 is 2.06 bits per heavy atom. The molecule has 0 saturated heterocycles. The summed E-state index contributed by atoms with van der Waals surface area (Å²) in [5, 5.41) is 4.21. The number of hydrogen-bond donors (Lipinski definition) is 0. The van der Waals surface area contributed by atoms with E-state index in [0.29, 0.717) is 6.54 Å². The quantitative estimate of drug-likeness (QED) is 0.696. The lowest BCUT2D eigenvalue weighted by Crippen LogP contribution is -2.37. The number of fused-ring (bicyclic) bond motifs is 1. The van der Waals surface area contributed by atoms with Crippen molar-refractivity contribution >= 4 is 11.9 Å². The lowest BCUT2D eigenvalue weighted by atomic mass is 10.2. The third-order valence-corrected chi connectivity index (χ3v) is 2.59. The van der Waals surface area contributed by atoms with Crippen LogP contribution in [0.2, 0.25) is 0 Å². The highest BCUT2D eigenvalue weighted by Gasteiger charge is 2.26. The first-order chi connectivity index (χ1) is 7.97. The van der Waals surface area contributed by atoms with Gasteiger partial charge in [0.25, 0.3) is 0 Å². The van der Waals surface area contributed by atoms with Crippen molar-refractivity contribution in [1.29, 1.82) is 0 Å². The van der Waals surface area contributed by atoms with Crippen LogP contribution in [0.5, 0.6) is 0 Å². The standard InChI is InChI=1S/C12H19N3O2/c1-12(2,3)17-11(16)14-8-4-5-9-15-10(14)6-7-13-15/h6-7H,4-5,8-9H2,1-3H3. The van der Waals surface area contributed by atoms with Gasteiger partial charge in [0.05, 0.1) is 6.20 Å². The predicted molar refractivity (Wildman–Crippen MR) is 65.0 cm³/mol. The minimum Gasteiger partial charge on any atom is -0.443 e. The first-order valence-electron chi connectivity index (χ1n) is 6.00. The van der Waals surface area contributed by atoms with Crippen molar-refractivity contribution in [2.24, 2.45) is 0 Å². The number of carbonyl (C=O) groups is 1. The van der Waals surface area contributed by atoms with Gasteiger partial charge in [-0.2, -0.15) is 5.10 Å². The van der Waals surface area contributed by atoms with Crippen molar-refractivity contribution < 1.29 is 9.53 Å². The van der Waals surface area contributed by atoms with E-state index in [0.717, 1.165) is 25.2 Å². The van der Waals surface area contributed by atoms with Crippen LogP contribution in [0.15, 0.2) is 12.3 Å². The summed E-state index contributed by atoms with van der Waals surface area (Å²) in [6, 6.07) is 1.86. The Morgan fingerprint density at radius 1 is 1.35 bits per heavy atom. The van der Waals surface area contributed by atoms with E-state index >= 15 is 0 Å². The van der Waals surface area contributed by atoms with Gasteiger partial charge in [-0.1, -0.05) is 0 Å². The molecule has 0 aromatic carbocycles. The van der Waals surface area contributed by atoms with Gasteiger partial charge in [0.15, 0.2) is 0 Å². The molecule has 0 atom stereocenters. The summed E-state index contributed by atoms with van der Waals surface area (Å²) in [6.07, 6.45) is 3.44. The Kier molecular flexibility index (Phi) is 3.09. The van der Waals surface area contributed by atoms with E-state index in [2.05, 4.69) is 5.10 Å². The maximum Gasteiger partial charge on any atom is 0.415 e. The number of ether oxygens (including phenoxy) is 1. The van der Waals surface area contributed by atoms with Gasteiger partial charge in [-0.25, -0.2) is 9.48 Å². The van der Waals surface area contributed by atoms with Crippen LogP contribution in [0, 0.1) is 0 Å². The number of nitrogens with zero attached hydrogens (tertiary/aromatic N) is 3. The van der Waals surface area contributed by atoms with E-state index in [1.807, 2.05) is 31.5 Å². The summed E-state index contributed by atoms with van der Waals surface area (Å²) in [4.78, 5) is 13.8. The lowest BCUT2D eigenvalue weighted by molar-refractivity contribution is 0.0579. The summed E-state index contributed by atoms with van der Waals surface area (Å²) < 4.78 is 7.26. The highest BCUT2D eigenvalue weighted by atomic mass is 16.6. The predicted octanol–water partition coefficient (Wildman–Crippen LogP) is 2.42. The van der Waals surface area contributed by atoms with Crippen molar-refractivity contribution in [3.63, 3.8) is 0 Å². The maximum absolute atomic E-state index is 12.1. The molecule has 0 fully saturated rings. The second-order valence-corrected chi connectivity index (χ2v) is 5.25. The Morgan fingerprint density at radius 3 is 2.76 bits per heavy atom. The molecule has 0 radical (unpaired) electrons. The van der Waals surface area contributed by atoms with Crippen molar-refractivity contribution in [3.8, 4) is 0 Å². The maximum atomic E-state index is 12.1. The third-order valence-electron chi connectivity index (χ3n) is 2.59. The lowest BCUT2D eigenvalue weighted by Gasteiger charge is -2.26. The van der Waals surface area contributed by atoms with Crippen molar-refractivity contribution in [3.05, 3.63) is 12.3 Å². The van der Waals surface area contributed by atoms with Gasteiger partial charge in [-0.05, 0) is 33.6 Å². The molecule has 0 N–H and O–H groups in total. The van der Waals surface area contributed by atoms with E-state index < -0.39 is 5.60 Å². The number of rotatable bonds is 0. The van der Waals surface area contributed by atoms with E-state index in [1.165, 1.54) is 0 Å². The molecule has 5 nitrogen and oxygen atoms in total. The summed E-state index contributed by atoms with van der Waals surface area (Å²) in [6.45, 7) is 7.18. The molecular formula is C12H19N3O2. The number of hydrogen-bond acceptors (Lipinski definition) is 3. The van der Waals surface area contributed by atoms with Gasteiger partial charge in [-0.3, -0.25) is 4.90 Å². The molecule has 1 aromatic rings. The molecule has 1 aromatic heterocycles. The molecule has 0 saturated carbocycles. The largest absolute Gasteiger partial charge is 0.443 e. The molecule has 5 heteroatoms. The molecule has 0 spiro atoms. The van der Waals surface area contributed by atoms with Crippen molar-refractivity contribution in [2.45, 2.75) is 45.8 Å². The van der Waals surface area contributed by atoms with Gasteiger partial charge in [0.1, 0.15) is 11.4 Å². The van der Waals surface area contributed by atoms with Crippen LogP contribution in [0.3, 0.4) is 0 Å². The topological polar surface area (TPSA) is 47.4 Å². The van der Waals surface area contributed by atoms with E-state index in [4.69, 9.17) is 4.74 Å². The number of amides is 1. The zero-order valence-electron chi connectivity index (χ0n) is 10.6. The molecule has 17 heavy (non-hydrogen) atoms. The number of carbonyl (C=O) groups excluding carboxylic acids is 1. The van der Waals surface area contributed by atoms with Crippen LogP contribution in [0.1, 0.15) is 33.6 Å².